The van der Waals surface area contributed by atoms with E-state index in [0.717, 1.165) is 4.62 Å². The molecule has 0 amide bonds. The first-order valence-corrected chi connectivity index (χ1v) is 5.15. The lowest BCUT2D eigenvalue weighted by atomic mass is 10.7. The minimum atomic E-state index is -1.65. The molecule has 0 aromatic carbocycles. The lowest BCUT2D eigenvalue weighted by Crippen LogP contribution is -1.90. The lowest BCUT2D eigenvalue weighted by Gasteiger charge is -1.79. The van der Waals surface area contributed by atoms with Gasteiger partial charge in [-0.3, -0.25) is 0 Å². The van der Waals surface area contributed by atoms with E-state index in [-0.39, 0.29) is 0 Å². The average molecular weight is 187 g/mol. The summed E-state index contributed by atoms with van der Waals surface area (Å²) in [6, 6.07) is 3.65. The molecule has 11 heavy (non-hydrogen) atoms. The fourth-order valence-electron chi connectivity index (χ4n) is 0.558. The van der Waals surface area contributed by atoms with E-state index in [4.69, 9.17) is 4.52 Å². The van der Waals surface area contributed by atoms with E-state index in [9.17, 15) is 4.57 Å². The Morgan fingerprint density at radius 1 is 1.82 bits per heavy atom. The molecule has 0 saturated carbocycles. The first-order chi connectivity index (χ1) is 5.34. The molecule has 1 heterocycles. The zero-order chi connectivity index (χ0) is 8.10. The zero-order valence-electron chi connectivity index (χ0n) is 5.90. The smallest absolute Gasteiger partial charge is 0.137 e. The SMILES string of the molecule is C=CCO[P+](=O)c1cccs1. The molecule has 1 aromatic rings. The second-order valence-electron chi connectivity index (χ2n) is 1.79. The van der Waals surface area contributed by atoms with Gasteiger partial charge in [-0.1, -0.05) is 17.4 Å². The first-order valence-electron chi connectivity index (χ1n) is 3.09. The zero-order valence-corrected chi connectivity index (χ0v) is 7.61. The molecule has 0 saturated heterocycles. The van der Waals surface area contributed by atoms with E-state index < -0.39 is 8.03 Å². The Bertz CT molecular complexity index is 243. The third-order valence-corrected chi connectivity index (χ3v) is 3.32. The van der Waals surface area contributed by atoms with Crippen molar-refractivity contribution in [1.82, 2.24) is 0 Å². The van der Waals surface area contributed by atoms with Crippen molar-refractivity contribution in [3.05, 3.63) is 30.2 Å². The van der Waals surface area contributed by atoms with Crippen LogP contribution in [0.15, 0.2) is 30.2 Å². The molecule has 0 bridgehead atoms. The van der Waals surface area contributed by atoms with Crippen LogP contribution in [0.3, 0.4) is 0 Å². The highest BCUT2D eigenvalue weighted by atomic mass is 32.1. The summed E-state index contributed by atoms with van der Waals surface area (Å²) in [5.41, 5.74) is 0. The van der Waals surface area contributed by atoms with Crippen LogP contribution in [0.25, 0.3) is 0 Å². The van der Waals surface area contributed by atoms with Gasteiger partial charge < -0.3 is 0 Å². The summed E-state index contributed by atoms with van der Waals surface area (Å²) in [7, 11) is -1.65. The summed E-state index contributed by atoms with van der Waals surface area (Å²) >= 11 is 1.44. The third kappa shape index (κ3) is 2.54. The first kappa shape index (κ1) is 8.60. The molecule has 1 unspecified atom stereocenters. The molecule has 0 spiro atoms. The molecule has 0 aliphatic heterocycles. The van der Waals surface area contributed by atoms with Crippen LogP contribution in [0.2, 0.25) is 0 Å². The molecule has 1 aromatic heterocycles. The van der Waals surface area contributed by atoms with Crippen LogP contribution >= 0.6 is 19.4 Å². The van der Waals surface area contributed by atoms with Crippen molar-refractivity contribution in [1.29, 1.82) is 0 Å². The van der Waals surface area contributed by atoms with Crippen LogP contribution in [0.1, 0.15) is 0 Å². The predicted octanol–water partition coefficient (Wildman–Crippen LogP) is 2.32. The van der Waals surface area contributed by atoms with Crippen molar-refractivity contribution in [2.24, 2.45) is 0 Å². The summed E-state index contributed by atoms with van der Waals surface area (Å²) < 4.78 is 16.9. The maximum Gasteiger partial charge on any atom is 0.560 e. The number of hydrogen-bond donors (Lipinski definition) is 0. The van der Waals surface area contributed by atoms with Crippen molar-refractivity contribution >= 4 is 24.0 Å². The maximum atomic E-state index is 11.2. The van der Waals surface area contributed by atoms with E-state index in [0.29, 0.717) is 6.61 Å². The number of rotatable bonds is 4. The van der Waals surface area contributed by atoms with Crippen molar-refractivity contribution in [2.75, 3.05) is 6.61 Å². The van der Waals surface area contributed by atoms with Gasteiger partial charge in [-0.15, -0.1) is 11.1 Å². The Labute approximate surface area is 70.4 Å². The average Bonchev–Trinajstić information content (AvgIpc) is 2.52. The summed E-state index contributed by atoms with van der Waals surface area (Å²) in [5, 5.41) is 1.87. The molecule has 0 radical (unpaired) electrons. The molecule has 1 rings (SSSR count). The van der Waals surface area contributed by atoms with Gasteiger partial charge in [-0.05, 0) is 16.0 Å². The van der Waals surface area contributed by atoms with Crippen LogP contribution in [0.4, 0.5) is 0 Å². The molecular weight excluding hydrogens is 179 g/mol. The van der Waals surface area contributed by atoms with E-state index in [1.807, 2.05) is 11.4 Å². The van der Waals surface area contributed by atoms with Crippen LogP contribution < -0.4 is 4.62 Å². The third-order valence-electron chi connectivity index (χ3n) is 0.996. The Morgan fingerprint density at radius 2 is 2.64 bits per heavy atom. The lowest BCUT2D eigenvalue weighted by molar-refractivity contribution is 0.379. The van der Waals surface area contributed by atoms with Gasteiger partial charge >= 0.3 is 8.03 Å². The summed E-state index contributed by atoms with van der Waals surface area (Å²) in [6.45, 7) is 3.80. The summed E-state index contributed by atoms with van der Waals surface area (Å²) in [5.74, 6) is 0. The van der Waals surface area contributed by atoms with Gasteiger partial charge in [0.05, 0.1) is 0 Å². The minimum Gasteiger partial charge on any atom is -0.137 e. The maximum absolute atomic E-state index is 11.2. The van der Waals surface area contributed by atoms with Crippen LogP contribution in [-0.4, -0.2) is 6.61 Å². The van der Waals surface area contributed by atoms with Gasteiger partial charge in [0.15, 0.2) is 0 Å². The topological polar surface area (TPSA) is 26.3 Å². The second kappa shape index (κ2) is 4.39. The Hall–Kier alpha value is -0.500. The van der Waals surface area contributed by atoms with Gasteiger partial charge in [0, 0.05) is 6.07 Å². The Morgan fingerprint density at radius 3 is 3.18 bits per heavy atom. The van der Waals surface area contributed by atoms with Gasteiger partial charge in [0.2, 0.25) is 0 Å². The molecule has 2 nitrogen and oxygen atoms in total. The van der Waals surface area contributed by atoms with Gasteiger partial charge in [0.1, 0.15) is 6.61 Å². The standard InChI is InChI=1S/C7H8O2PS/c1-2-5-9-10(8)7-4-3-6-11-7/h2-4,6H,1,5H2/q+1. The molecule has 0 N–H and O–H groups in total. The second-order valence-corrected chi connectivity index (χ2v) is 4.30. The van der Waals surface area contributed by atoms with Gasteiger partial charge in [-0.2, -0.15) is 0 Å². The molecule has 4 heteroatoms. The monoisotopic (exact) mass is 187 g/mol. The summed E-state index contributed by atoms with van der Waals surface area (Å²) in [4.78, 5) is 0. The minimum absolute atomic E-state index is 0.340. The van der Waals surface area contributed by atoms with E-state index >= 15 is 0 Å². The van der Waals surface area contributed by atoms with Crippen LogP contribution in [0, 0.1) is 0 Å². The molecule has 0 aliphatic rings. The largest absolute Gasteiger partial charge is 0.560 e. The van der Waals surface area contributed by atoms with E-state index in [1.54, 1.807) is 12.1 Å². The number of hydrogen-bond acceptors (Lipinski definition) is 3. The predicted molar refractivity (Wildman–Crippen MR) is 47.7 cm³/mol. The van der Waals surface area contributed by atoms with Crippen LogP contribution in [-0.2, 0) is 9.09 Å². The van der Waals surface area contributed by atoms with Crippen molar-refractivity contribution < 1.29 is 9.09 Å². The van der Waals surface area contributed by atoms with Crippen molar-refractivity contribution in [3.8, 4) is 0 Å². The van der Waals surface area contributed by atoms with E-state index in [2.05, 4.69) is 6.58 Å². The molecule has 0 aliphatic carbocycles. The number of thiophene rings is 1. The van der Waals surface area contributed by atoms with Crippen molar-refractivity contribution in [3.63, 3.8) is 0 Å². The molecule has 0 fully saturated rings. The Balaban J connectivity index is 2.49. The highest BCUT2D eigenvalue weighted by Gasteiger charge is 2.21. The molecule has 58 valence electrons. The van der Waals surface area contributed by atoms with Crippen LogP contribution in [0.5, 0.6) is 0 Å². The highest BCUT2D eigenvalue weighted by Crippen LogP contribution is 2.23. The Kier molecular flexibility index (Phi) is 3.43. The molecule has 1 atom stereocenters. The highest BCUT2D eigenvalue weighted by molar-refractivity contribution is 7.57. The van der Waals surface area contributed by atoms with Gasteiger partial charge in [0.25, 0.3) is 4.62 Å². The van der Waals surface area contributed by atoms with Crippen molar-refractivity contribution in [2.45, 2.75) is 0 Å². The fraction of sp³-hybridized carbons (Fsp3) is 0.143. The normalized spacial score (nSPS) is 11.1. The van der Waals surface area contributed by atoms with E-state index in [1.165, 1.54) is 11.3 Å². The fourth-order valence-corrected chi connectivity index (χ4v) is 2.27. The summed E-state index contributed by atoms with van der Waals surface area (Å²) in [6.07, 6.45) is 1.58. The quantitative estimate of drug-likeness (QED) is 0.534. The van der Waals surface area contributed by atoms with Gasteiger partial charge in [-0.25, -0.2) is 0 Å². The molecular formula is C7H8O2PS+.